The highest BCUT2D eigenvalue weighted by Crippen LogP contribution is 2.32. The molecule has 0 fully saturated rings. The van der Waals surface area contributed by atoms with E-state index in [4.69, 9.17) is 0 Å². The molecule has 0 spiro atoms. The van der Waals surface area contributed by atoms with Crippen molar-refractivity contribution in [2.45, 2.75) is 71.4 Å². The Morgan fingerprint density at radius 1 is 1.32 bits per heavy atom. The van der Waals surface area contributed by atoms with Crippen LogP contribution in [0.2, 0.25) is 0 Å². The zero-order valence-electron chi connectivity index (χ0n) is 13.6. The van der Waals surface area contributed by atoms with Crippen LogP contribution < -0.4 is 5.32 Å². The molecule has 0 saturated heterocycles. The van der Waals surface area contributed by atoms with Gasteiger partial charge in [-0.3, -0.25) is 0 Å². The van der Waals surface area contributed by atoms with Crippen LogP contribution in [0, 0.1) is 0 Å². The zero-order chi connectivity index (χ0) is 16.1. The van der Waals surface area contributed by atoms with Crippen LogP contribution in [0.3, 0.4) is 0 Å². The molecule has 1 atom stereocenters. The van der Waals surface area contributed by atoms with E-state index in [1.54, 1.807) is 0 Å². The third-order valence-corrected chi connectivity index (χ3v) is 3.61. The SMILES string of the molecule is CCCCc1nc(NC(C)C)nc(C2=C(F)C(O)CCC2)n1. The second-order valence-electron chi connectivity index (χ2n) is 6.04. The maximum Gasteiger partial charge on any atom is 0.226 e. The Kier molecular flexibility index (Phi) is 5.83. The molecule has 1 unspecified atom stereocenters. The van der Waals surface area contributed by atoms with E-state index in [2.05, 4.69) is 27.2 Å². The normalized spacial score (nSPS) is 18.9. The van der Waals surface area contributed by atoms with Gasteiger partial charge in [0, 0.05) is 18.0 Å². The number of aliphatic hydroxyl groups excluding tert-OH is 1. The van der Waals surface area contributed by atoms with Crippen molar-refractivity contribution in [2.75, 3.05) is 5.32 Å². The lowest BCUT2D eigenvalue weighted by molar-refractivity contribution is 0.165. The summed E-state index contributed by atoms with van der Waals surface area (Å²) >= 11 is 0. The lowest BCUT2D eigenvalue weighted by atomic mass is 9.95. The van der Waals surface area contributed by atoms with Crippen LogP contribution in [0.5, 0.6) is 0 Å². The number of aromatic nitrogens is 3. The van der Waals surface area contributed by atoms with Gasteiger partial charge in [-0.25, -0.2) is 9.37 Å². The van der Waals surface area contributed by atoms with Crippen LogP contribution in [0.25, 0.3) is 5.57 Å². The summed E-state index contributed by atoms with van der Waals surface area (Å²) in [6.07, 6.45) is 3.50. The Hall–Kier alpha value is -1.56. The summed E-state index contributed by atoms with van der Waals surface area (Å²) in [6, 6.07) is 0.185. The third-order valence-electron chi connectivity index (χ3n) is 3.61. The quantitative estimate of drug-likeness (QED) is 0.844. The Balaban J connectivity index is 2.38. The first-order valence-corrected chi connectivity index (χ1v) is 8.09. The standard InChI is InChI=1S/C16H25FN4O/c1-4-5-9-13-19-15(21-16(20-13)18-10(2)3)11-7-6-8-12(22)14(11)17/h10,12,22H,4-9H2,1-3H3,(H,18,19,20,21). The molecule has 0 bridgehead atoms. The second-order valence-corrected chi connectivity index (χ2v) is 6.04. The molecule has 1 heterocycles. The fraction of sp³-hybridized carbons (Fsp3) is 0.688. The molecule has 2 rings (SSSR count). The van der Waals surface area contributed by atoms with Gasteiger partial charge >= 0.3 is 0 Å². The summed E-state index contributed by atoms with van der Waals surface area (Å²) in [6.45, 7) is 6.11. The Labute approximate surface area is 131 Å². The topological polar surface area (TPSA) is 70.9 Å². The molecule has 6 heteroatoms. The number of anilines is 1. The van der Waals surface area contributed by atoms with E-state index in [-0.39, 0.29) is 6.04 Å². The lowest BCUT2D eigenvalue weighted by Crippen LogP contribution is -2.18. The van der Waals surface area contributed by atoms with Crippen molar-refractivity contribution in [1.29, 1.82) is 0 Å². The number of rotatable bonds is 6. The lowest BCUT2D eigenvalue weighted by Gasteiger charge is -2.19. The Morgan fingerprint density at radius 3 is 2.77 bits per heavy atom. The molecule has 5 nitrogen and oxygen atoms in total. The maximum atomic E-state index is 14.2. The summed E-state index contributed by atoms with van der Waals surface area (Å²) in [5.74, 6) is 1.02. The third kappa shape index (κ3) is 4.22. The van der Waals surface area contributed by atoms with Gasteiger partial charge < -0.3 is 10.4 Å². The minimum absolute atomic E-state index is 0.185. The molecule has 0 radical (unpaired) electrons. The summed E-state index contributed by atoms with van der Waals surface area (Å²) in [4.78, 5) is 13.2. The molecule has 1 aliphatic rings. The summed E-state index contributed by atoms with van der Waals surface area (Å²) < 4.78 is 14.2. The minimum atomic E-state index is -1.03. The number of halogens is 1. The van der Waals surface area contributed by atoms with Gasteiger partial charge in [-0.05, 0) is 39.5 Å². The molecule has 22 heavy (non-hydrogen) atoms. The second kappa shape index (κ2) is 7.63. The number of nitrogens with zero attached hydrogens (tertiary/aromatic N) is 3. The molecule has 0 amide bonds. The van der Waals surface area contributed by atoms with Gasteiger partial charge in [0.15, 0.2) is 5.82 Å². The van der Waals surface area contributed by atoms with Crippen LogP contribution in [-0.4, -0.2) is 32.2 Å². The average molecular weight is 308 g/mol. The molecule has 1 aliphatic carbocycles. The van der Waals surface area contributed by atoms with E-state index in [9.17, 15) is 9.50 Å². The highest BCUT2D eigenvalue weighted by molar-refractivity contribution is 5.64. The predicted molar refractivity (Wildman–Crippen MR) is 85.1 cm³/mol. The van der Waals surface area contributed by atoms with Gasteiger partial charge in [-0.2, -0.15) is 9.97 Å². The number of nitrogens with one attached hydrogen (secondary N) is 1. The number of aliphatic hydroxyl groups is 1. The molecular formula is C16H25FN4O. The van der Waals surface area contributed by atoms with E-state index < -0.39 is 11.9 Å². The van der Waals surface area contributed by atoms with Crippen LogP contribution in [0.1, 0.15) is 64.5 Å². The monoisotopic (exact) mass is 308 g/mol. The molecule has 0 aliphatic heterocycles. The van der Waals surface area contributed by atoms with Crippen molar-refractivity contribution < 1.29 is 9.50 Å². The van der Waals surface area contributed by atoms with Gasteiger partial charge in [-0.15, -0.1) is 0 Å². The zero-order valence-corrected chi connectivity index (χ0v) is 13.6. The average Bonchev–Trinajstić information content (AvgIpc) is 2.47. The molecule has 122 valence electrons. The van der Waals surface area contributed by atoms with Gasteiger partial charge in [0.25, 0.3) is 0 Å². The van der Waals surface area contributed by atoms with E-state index >= 15 is 0 Å². The van der Waals surface area contributed by atoms with Crippen molar-refractivity contribution in [3.8, 4) is 0 Å². The number of unbranched alkanes of at least 4 members (excludes halogenated alkanes) is 1. The Bertz CT molecular complexity index is 545. The Morgan fingerprint density at radius 2 is 2.09 bits per heavy atom. The first-order valence-electron chi connectivity index (χ1n) is 8.09. The smallest absolute Gasteiger partial charge is 0.226 e. The van der Waals surface area contributed by atoms with Crippen molar-refractivity contribution in [3.63, 3.8) is 0 Å². The summed E-state index contributed by atoms with van der Waals surface area (Å²) in [5.41, 5.74) is 0.422. The molecule has 0 saturated carbocycles. The molecule has 1 aromatic rings. The summed E-state index contributed by atoms with van der Waals surface area (Å²) in [5, 5.41) is 12.9. The fourth-order valence-electron chi connectivity index (χ4n) is 2.46. The van der Waals surface area contributed by atoms with Crippen LogP contribution in [0.15, 0.2) is 5.83 Å². The molecule has 1 aromatic heterocycles. The first-order chi connectivity index (χ1) is 10.5. The van der Waals surface area contributed by atoms with Gasteiger partial charge in [0.05, 0.1) is 0 Å². The molecule has 2 N–H and O–H groups in total. The number of aryl methyl sites for hydroxylation is 1. The highest BCUT2D eigenvalue weighted by atomic mass is 19.1. The van der Waals surface area contributed by atoms with Gasteiger partial charge in [0.1, 0.15) is 17.8 Å². The van der Waals surface area contributed by atoms with Crippen LogP contribution in [-0.2, 0) is 6.42 Å². The largest absolute Gasteiger partial charge is 0.386 e. The number of hydrogen-bond acceptors (Lipinski definition) is 5. The first kappa shape index (κ1) is 16.8. The van der Waals surface area contributed by atoms with Gasteiger partial charge in [0.2, 0.25) is 5.95 Å². The van der Waals surface area contributed by atoms with E-state index in [1.165, 1.54) is 0 Å². The number of hydrogen-bond donors (Lipinski definition) is 2. The maximum absolute atomic E-state index is 14.2. The van der Waals surface area contributed by atoms with E-state index in [0.29, 0.717) is 36.0 Å². The van der Waals surface area contributed by atoms with Crippen molar-refractivity contribution in [1.82, 2.24) is 15.0 Å². The predicted octanol–water partition coefficient (Wildman–Crippen LogP) is 3.26. The van der Waals surface area contributed by atoms with Crippen LogP contribution in [0.4, 0.5) is 10.3 Å². The van der Waals surface area contributed by atoms with E-state index in [0.717, 1.165) is 25.7 Å². The highest BCUT2D eigenvalue weighted by Gasteiger charge is 2.24. The van der Waals surface area contributed by atoms with Crippen LogP contribution >= 0.6 is 0 Å². The summed E-state index contributed by atoms with van der Waals surface area (Å²) in [7, 11) is 0. The number of allylic oxidation sites excluding steroid dienone is 1. The van der Waals surface area contributed by atoms with E-state index in [1.807, 2.05) is 13.8 Å². The van der Waals surface area contributed by atoms with Crippen molar-refractivity contribution in [2.24, 2.45) is 0 Å². The van der Waals surface area contributed by atoms with Gasteiger partial charge in [-0.1, -0.05) is 13.3 Å². The fourth-order valence-corrected chi connectivity index (χ4v) is 2.46. The molecular weight excluding hydrogens is 283 g/mol. The molecule has 0 aromatic carbocycles. The van der Waals surface area contributed by atoms with Crippen molar-refractivity contribution in [3.05, 3.63) is 17.5 Å². The van der Waals surface area contributed by atoms with Crippen molar-refractivity contribution >= 4 is 11.5 Å². The minimum Gasteiger partial charge on any atom is -0.386 e.